The van der Waals surface area contributed by atoms with E-state index >= 15 is 0 Å². The van der Waals surface area contributed by atoms with Crippen LogP contribution in [0.15, 0.2) is 34.2 Å². The minimum Gasteiger partial charge on any atom is -0.479 e. The van der Waals surface area contributed by atoms with E-state index in [4.69, 9.17) is 4.74 Å². The van der Waals surface area contributed by atoms with Gasteiger partial charge in [-0.2, -0.15) is 4.98 Å². The van der Waals surface area contributed by atoms with Crippen LogP contribution < -0.4 is 19.8 Å². The molecule has 3 aromatic rings. The summed E-state index contributed by atoms with van der Waals surface area (Å²) in [5.41, 5.74) is -0.590. The Bertz CT molecular complexity index is 1320. The SMILES string of the molecule is COc1nc(OCC(F)F)c(F)cc1NS(=O)(=O)c1c[nH]c2c(=O)n(CC3CC3)ccc12. The summed E-state index contributed by atoms with van der Waals surface area (Å²) in [6.07, 6.45) is 1.95. The van der Waals surface area contributed by atoms with Gasteiger partial charge >= 0.3 is 0 Å². The second-order valence-corrected chi connectivity index (χ2v) is 8.95. The van der Waals surface area contributed by atoms with E-state index < -0.39 is 34.8 Å². The highest BCUT2D eigenvalue weighted by atomic mass is 32.2. The van der Waals surface area contributed by atoms with Gasteiger partial charge in [0.15, 0.2) is 12.4 Å². The minimum atomic E-state index is -4.30. The molecular formula is C19H19F3N4O5S. The molecule has 172 valence electrons. The standard InChI is InChI=1S/C19H19F3N4O5S/c1-30-18-13(6-12(20)17(24-18)31-9-15(21)22)25-32(28,29)14-7-23-16-11(14)4-5-26(19(16)27)8-10-2-3-10/h4-7,10,15,23,25H,2-3,8-9H2,1H3. The summed E-state index contributed by atoms with van der Waals surface area (Å²) < 4.78 is 78.0. The number of nitrogens with one attached hydrogen (secondary N) is 2. The largest absolute Gasteiger partial charge is 0.479 e. The third kappa shape index (κ3) is 4.38. The summed E-state index contributed by atoms with van der Waals surface area (Å²) in [5, 5.41) is 0.166. The highest BCUT2D eigenvalue weighted by molar-refractivity contribution is 7.93. The van der Waals surface area contributed by atoms with E-state index in [0.29, 0.717) is 18.5 Å². The number of aromatic amines is 1. The van der Waals surface area contributed by atoms with Crippen molar-refractivity contribution < 1.29 is 31.1 Å². The van der Waals surface area contributed by atoms with Gasteiger partial charge in [0.1, 0.15) is 16.1 Å². The maximum atomic E-state index is 14.2. The molecule has 0 aromatic carbocycles. The van der Waals surface area contributed by atoms with Gasteiger partial charge in [0.25, 0.3) is 27.9 Å². The second-order valence-electron chi connectivity index (χ2n) is 7.30. The lowest BCUT2D eigenvalue weighted by Crippen LogP contribution is -2.20. The Morgan fingerprint density at radius 1 is 1.34 bits per heavy atom. The van der Waals surface area contributed by atoms with E-state index in [1.54, 1.807) is 0 Å². The molecule has 2 N–H and O–H groups in total. The Morgan fingerprint density at radius 3 is 2.75 bits per heavy atom. The van der Waals surface area contributed by atoms with Crippen LogP contribution in [-0.2, 0) is 16.6 Å². The highest BCUT2D eigenvalue weighted by Gasteiger charge is 2.26. The Hall–Kier alpha value is -3.22. The molecule has 0 aliphatic heterocycles. The summed E-state index contributed by atoms with van der Waals surface area (Å²) in [6.45, 7) is -0.526. The van der Waals surface area contributed by atoms with Crippen molar-refractivity contribution in [2.45, 2.75) is 30.7 Å². The Kier molecular flexibility index (Phi) is 5.75. The number of hydrogen-bond donors (Lipinski definition) is 2. The molecule has 1 saturated carbocycles. The number of alkyl halides is 2. The van der Waals surface area contributed by atoms with Gasteiger partial charge in [-0.05, 0) is 24.8 Å². The van der Waals surface area contributed by atoms with Crippen LogP contribution in [0.5, 0.6) is 11.8 Å². The first-order valence-corrected chi connectivity index (χ1v) is 11.1. The first kappa shape index (κ1) is 22.0. The Labute approximate surface area is 180 Å². The van der Waals surface area contributed by atoms with Crippen molar-refractivity contribution in [1.29, 1.82) is 0 Å². The van der Waals surface area contributed by atoms with Gasteiger partial charge < -0.3 is 19.0 Å². The van der Waals surface area contributed by atoms with Crippen LogP contribution in [0.2, 0.25) is 0 Å². The molecule has 0 saturated heterocycles. The molecule has 0 atom stereocenters. The van der Waals surface area contributed by atoms with Crippen molar-refractivity contribution in [3.8, 4) is 11.8 Å². The van der Waals surface area contributed by atoms with Crippen molar-refractivity contribution in [1.82, 2.24) is 14.5 Å². The molecule has 1 fully saturated rings. The fraction of sp³-hybridized carbons (Fsp3) is 0.368. The van der Waals surface area contributed by atoms with Gasteiger partial charge in [-0.1, -0.05) is 0 Å². The van der Waals surface area contributed by atoms with E-state index in [9.17, 15) is 26.4 Å². The molecule has 0 spiro atoms. The number of anilines is 1. The molecule has 3 heterocycles. The van der Waals surface area contributed by atoms with E-state index in [1.165, 1.54) is 16.8 Å². The summed E-state index contributed by atoms with van der Waals surface area (Å²) in [6, 6.07) is 2.23. The van der Waals surface area contributed by atoms with Crippen LogP contribution in [-0.4, -0.2) is 43.1 Å². The summed E-state index contributed by atoms with van der Waals surface area (Å²) in [7, 11) is -3.16. The molecule has 0 amide bonds. The molecule has 0 unspecified atom stereocenters. The van der Waals surface area contributed by atoms with Crippen molar-refractivity contribution in [3.05, 3.63) is 40.7 Å². The molecule has 4 rings (SSSR count). The average molecular weight is 472 g/mol. The number of methoxy groups -OCH3 is 1. The van der Waals surface area contributed by atoms with E-state index in [1.807, 2.05) is 0 Å². The van der Waals surface area contributed by atoms with Crippen molar-refractivity contribution in [3.63, 3.8) is 0 Å². The molecular weight excluding hydrogens is 453 g/mol. The van der Waals surface area contributed by atoms with Gasteiger partial charge in [0, 0.05) is 30.4 Å². The predicted molar refractivity (Wildman–Crippen MR) is 108 cm³/mol. The topological polar surface area (TPSA) is 115 Å². The molecule has 1 aliphatic carbocycles. The molecule has 0 bridgehead atoms. The number of rotatable bonds is 9. The van der Waals surface area contributed by atoms with Crippen LogP contribution in [0.25, 0.3) is 10.9 Å². The Morgan fingerprint density at radius 2 is 2.09 bits per heavy atom. The van der Waals surface area contributed by atoms with Gasteiger partial charge in [-0.15, -0.1) is 0 Å². The fourth-order valence-electron chi connectivity index (χ4n) is 3.21. The van der Waals surface area contributed by atoms with Crippen LogP contribution >= 0.6 is 0 Å². The summed E-state index contributed by atoms with van der Waals surface area (Å²) >= 11 is 0. The number of hydrogen-bond acceptors (Lipinski definition) is 6. The number of pyridine rings is 2. The lowest BCUT2D eigenvalue weighted by atomic mass is 10.3. The smallest absolute Gasteiger partial charge is 0.274 e. The lowest BCUT2D eigenvalue weighted by Gasteiger charge is -2.13. The van der Waals surface area contributed by atoms with Gasteiger partial charge in [0.2, 0.25) is 5.88 Å². The quantitative estimate of drug-likeness (QED) is 0.495. The first-order chi connectivity index (χ1) is 15.2. The lowest BCUT2D eigenvalue weighted by molar-refractivity contribution is 0.0770. The zero-order valence-corrected chi connectivity index (χ0v) is 17.6. The molecule has 0 radical (unpaired) electrons. The molecule has 3 aromatic heterocycles. The monoisotopic (exact) mass is 472 g/mol. The van der Waals surface area contributed by atoms with Gasteiger partial charge in [-0.3, -0.25) is 9.52 Å². The number of aromatic nitrogens is 3. The maximum Gasteiger partial charge on any atom is 0.274 e. The van der Waals surface area contributed by atoms with Crippen molar-refractivity contribution in [2.24, 2.45) is 5.92 Å². The maximum absolute atomic E-state index is 14.2. The number of fused-ring (bicyclic) bond motifs is 1. The summed E-state index contributed by atoms with van der Waals surface area (Å²) in [4.78, 5) is 18.7. The van der Waals surface area contributed by atoms with Crippen LogP contribution in [0.3, 0.4) is 0 Å². The van der Waals surface area contributed by atoms with Gasteiger partial charge in [0.05, 0.1) is 7.11 Å². The molecule has 1 aliphatic rings. The zero-order chi connectivity index (χ0) is 23.0. The fourth-order valence-corrected chi connectivity index (χ4v) is 4.43. The van der Waals surface area contributed by atoms with Gasteiger partial charge in [-0.25, -0.2) is 21.6 Å². The summed E-state index contributed by atoms with van der Waals surface area (Å²) in [5.74, 6) is -1.85. The third-order valence-corrected chi connectivity index (χ3v) is 6.32. The second kappa shape index (κ2) is 8.37. The number of ether oxygens (including phenoxy) is 2. The van der Waals surface area contributed by atoms with Crippen molar-refractivity contribution >= 4 is 26.6 Å². The first-order valence-electron chi connectivity index (χ1n) is 9.58. The van der Waals surface area contributed by atoms with E-state index in [-0.39, 0.29) is 32.9 Å². The third-order valence-electron chi connectivity index (χ3n) is 4.91. The molecule has 32 heavy (non-hydrogen) atoms. The van der Waals surface area contributed by atoms with E-state index in [0.717, 1.165) is 26.1 Å². The normalized spacial score (nSPS) is 14.2. The number of halogens is 3. The van der Waals surface area contributed by atoms with Crippen LogP contribution in [0.4, 0.5) is 18.9 Å². The zero-order valence-electron chi connectivity index (χ0n) is 16.8. The van der Waals surface area contributed by atoms with E-state index in [2.05, 4.69) is 19.4 Å². The molecule has 13 heteroatoms. The Balaban J connectivity index is 1.65. The highest BCUT2D eigenvalue weighted by Crippen LogP contribution is 2.32. The molecule has 9 nitrogen and oxygen atoms in total. The number of nitrogens with zero attached hydrogens (tertiary/aromatic N) is 2. The number of H-pyrrole nitrogens is 1. The van der Waals surface area contributed by atoms with Crippen LogP contribution in [0, 0.1) is 11.7 Å². The average Bonchev–Trinajstić information content (AvgIpc) is 3.43. The number of sulfonamides is 1. The minimum absolute atomic E-state index is 0.126. The van der Waals surface area contributed by atoms with Crippen LogP contribution in [0.1, 0.15) is 12.8 Å². The van der Waals surface area contributed by atoms with Crippen molar-refractivity contribution in [2.75, 3.05) is 18.4 Å². The predicted octanol–water partition coefficient (Wildman–Crippen LogP) is 2.73.